The minimum atomic E-state index is 0. The van der Waals surface area contributed by atoms with Crippen LogP contribution in [0.25, 0.3) is 0 Å². The highest BCUT2D eigenvalue weighted by molar-refractivity contribution is 14.0. The van der Waals surface area contributed by atoms with Crippen LogP contribution < -0.4 is 10.6 Å². The van der Waals surface area contributed by atoms with E-state index in [1.165, 1.54) is 16.7 Å². The molecule has 0 bridgehead atoms. The molecule has 0 saturated heterocycles. The van der Waals surface area contributed by atoms with E-state index in [1.54, 1.807) is 18.4 Å². The first-order valence-corrected chi connectivity index (χ1v) is 9.45. The Kier molecular flexibility index (Phi) is 10.8. The monoisotopic (exact) mass is 472 g/mol. The molecule has 0 aliphatic heterocycles. The Morgan fingerprint density at radius 3 is 2.32 bits per heavy atom. The van der Waals surface area contributed by atoms with E-state index in [2.05, 4.69) is 75.5 Å². The van der Waals surface area contributed by atoms with E-state index in [4.69, 9.17) is 0 Å². The van der Waals surface area contributed by atoms with Crippen LogP contribution in [0.2, 0.25) is 0 Å². The van der Waals surface area contributed by atoms with Crippen LogP contribution in [-0.2, 0) is 19.6 Å². The van der Waals surface area contributed by atoms with Crippen molar-refractivity contribution in [2.75, 3.05) is 20.1 Å². The maximum Gasteiger partial charge on any atom is 0.191 e. The summed E-state index contributed by atoms with van der Waals surface area (Å²) >= 11 is 1.71. The van der Waals surface area contributed by atoms with E-state index in [1.807, 2.05) is 0 Å². The number of thiophene rings is 1. The molecule has 0 spiro atoms. The molecule has 1 aromatic carbocycles. The zero-order chi connectivity index (χ0) is 17.2. The van der Waals surface area contributed by atoms with Crippen molar-refractivity contribution >= 4 is 41.3 Å². The van der Waals surface area contributed by atoms with Crippen LogP contribution in [0.5, 0.6) is 0 Å². The Morgan fingerprint density at radius 2 is 1.72 bits per heavy atom. The van der Waals surface area contributed by atoms with Crippen molar-refractivity contribution in [3.05, 3.63) is 57.8 Å². The first-order chi connectivity index (χ1) is 11.7. The molecule has 6 heteroatoms. The first kappa shape index (κ1) is 21.9. The maximum absolute atomic E-state index is 4.29. The number of guanidine groups is 1. The lowest BCUT2D eigenvalue weighted by Gasteiger charge is -2.18. The summed E-state index contributed by atoms with van der Waals surface area (Å²) in [5, 5.41) is 11.0. The van der Waals surface area contributed by atoms with Crippen molar-refractivity contribution in [1.29, 1.82) is 0 Å². The zero-order valence-corrected chi connectivity index (χ0v) is 18.4. The number of aliphatic imine (C=N–C) groups is 1. The molecule has 2 aromatic rings. The Hall–Kier alpha value is -1.12. The van der Waals surface area contributed by atoms with Crippen LogP contribution >= 0.6 is 35.3 Å². The van der Waals surface area contributed by atoms with Gasteiger partial charge in [0, 0.05) is 26.7 Å². The van der Waals surface area contributed by atoms with Crippen LogP contribution in [0, 0.1) is 0 Å². The van der Waals surface area contributed by atoms with Crippen molar-refractivity contribution in [1.82, 2.24) is 15.5 Å². The van der Waals surface area contributed by atoms with Gasteiger partial charge < -0.3 is 10.6 Å². The van der Waals surface area contributed by atoms with Crippen LogP contribution in [0.4, 0.5) is 0 Å². The van der Waals surface area contributed by atoms with Gasteiger partial charge in [-0.25, -0.2) is 0 Å². The Morgan fingerprint density at radius 1 is 1.04 bits per heavy atom. The number of hydrogen-bond donors (Lipinski definition) is 2. The fraction of sp³-hybridized carbons (Fsp3) is 0.421. The van der Waals surface area contributed by atoms with Crippen LogP contribution in [0.1, 0.15) is 30.5 Å². The van der Waals surface area contributed by atoms with Crippen molar-refractivity contribution in [2.45, 2.75) is 33.5 Å². The van der Waals surface area contributed by atoms with Gasteiger partial charge in [-0.15, -0.1) is 24.0 Å². The molecule has 4 nitrogen and oxygen atoms in total. The quantitative estimate of drug-likeness (QED) is 0.346. The fourth-order valence-corrected chi connectivity index (χ4v) is 3.20. The van der Waals surface area contributed by atoms with E-state index in [9.17, 15) is 0 Å². The largest absolute Gasteiger partial charge is 0.352 e. The summed E-state index contributed by atoms with van der Waals surface area (Å²) in [6.45, 7) is 9.15. The van der Waals surface area contributed by atoms with Gasteiger partial charge >= 0.3 is 0 Å². The number of benzene rings is 1. The zero-order valence-electron chi connectivity index (χ0n) is 15.3. The molecule has 0 aliphatic carbocycles. The molecule has 0 unspecified atom stereocenters. The van der Waals surface area contributed by atoms with Crippen LogP contribution in [0.3, 0.4) is 0 Å². The standard InChI is InChI=1S/C19H28N4S.HI/c1-4-23(5-2)14-17-8-6-7-16(11-17)12-21-19(20-3)22-13-18-9-10-24-15-18;/h6-11,15H,4-5,12-14H2,1-3H3,(H2,20,21,22);1H. The third-order valence-electron chi connectivity index (χ3n) is 4.02. The minimum absolute atomic E-state index is 0. The number of nitrogens with one attached hydrogen (secondary N) is 2. The molecule has 138 valence electrons. The number of halogens is 1. The SMILES string of the molecule is CCN(CC)Cc1cccc(CNC(=NC)NCc2ccsc2)c1.I. The maximum atomic E-state index is 4.29. The second-order valence-electron chi connectivity index (χ2n) is 5.69. The molecule has 0 aliphatic rings. The second-order valence-corrected chi connectivity index (χ2v) is 6.47. The summed E-state index contributed by atoms with van der Waals surface area (Å²) in [7, 11) is 1.81. The van der Waals surface area contributed by atoms with Crippen molar-refractivity contribution in [2.24, 2.45) is 4.99 Å². The highest BCUT2D eigenvalue weighted by Gasteiger charge is 2.03. The Labute approximate surface area is 172 Å². The average molecular weight is 472 g/mol. The summed E-state index contributed by atoms with van der Waals surface area (Å²) in [6.07, 6.45) is 0. The van der Waals surface area contributed by atoms with Crippen molar-refractivity contribution in [3.63, 3.8) is 0 Å². The molecule has 0 amide bonds. The van der Waals surface area contributed by atoms with Crippen molar-refractivity contribution < 1.29 is 0 Å². The van der Waals surface area contributed by atoms with Gasteiger partial charge in [0.05, 0.1) is 0 Å². The molecule has 0 fully saturated rings. The van der Waals surface area contributed by atoms with E-state index in [0.717, 1.165) is 38.7 Å². The summed E-state index contributed by atoms with van der Waals surface area (Å²) in [5.74, 6) is 0.829. The van der Waals surface area contributed by atoms with E-state index in [0.29, 0.717) is 0 Å². The lowest BCUT2D eigenvalue weighted by molar-refractivity contribution is 0.296. The van der Waals surface area contributed by atoms with Crippen molar-refractivity contribution in [3.8, 4) is 0 Å². The molecule has 25 heavy (non-hydrogen) atoms. The Bertz CT molecular complexity index is 624. The molecule has 0 radical (unpaired) electrons. The van der Waals surface area contributed by atoms with Gasteiger partial charge in [0.25, 0.3) is 0 Å². The normalized spacial score (nSPS) is 11.3. The van der Waals surface area contributed by atoms with E-state index >= 15 is 0 Å². The molecule has 2 N–H and O–H groups in total. The predicted octanol–water partition coefficient (Wildman–Crippen LogP) is 4.07. The van der Waals surface area contributed by atoms with Gasteiger partial charge in [-0.05, 0) is 46.6 Å². The first-order valence-electron chi connectivity index (χ1n) is 8.50. The van der Waals surface area contributed by atoms with Gasteiger partial charge in [0.1, 0.15) is 0 Å². The molecule has 0 atom stereocenters. The van der Waals surface area contributed by atoms with Crippen LogP contribution in [0.15, 0.2) is 46.1 Å². The van der Waals surface area contributed by atoms with Gasteiger partial charge in [-0.2, -0.15) is 11.3 Å². The van der Waals surface area contributed by atoms with Gasteiger partial charge in [0.2, 0.25) is 0 Å². The summed E-state index contributed by atoms with van der Waals surface area (Å²) < 4.78 is 0. The highest BCUT2D eigenvalue weighted by Crippen LogP contribution is 2.09. The molecule has 1 heterocycles. The van der Waals surface area contributed by atoms with Crippen LogP contribution in [-0.4, -0.2) is 31.0 Å². The summed E-state index contributed by atoms with van der Waals surface area (Å²) in [4.78, 5) is 6.71. The number of rotatable bonds is 8. The Balaban J connectivity index is 0.00000312. The lowest BCUT2D eigenvalue weighted by atomic mass is 10.1. The molecule has 1 aromatic heterocycles. The van der Waals surface area contributed by atoms with E-state index in [-0.39, 0.29) is 24.0 Å². The fourth-order valence-electron chi connectivity index (χ4n) is 2.53. The van der Waals surface area contributed by atoms with Gasteiger partial charge in [-0.3, -0.25) is 9.89 Å². The topological polar surface area (TPSA) is 39.7 Å². The molecular weight excluding hydrogens is 443 g/mol. The summed E-state index contributed by atoms with van der Waals surface area (Å²) in [6, 6.07) is 10.9. The number of hydrogen-bond acceptors (Lipinski definition) is 3. The third kappa shape index (κ3) is 7.75. The molecule has 2 rings (SSSR count). The third-order valence-corrected chi connectivity index (χ3v) is 4.75. The minimum Gasteiger partial charge on any atom is -0.352 e. The molecule has 0 saturated carbocycles. The second kappa shape index (κ2) is 12.3. The average Bonchev–Trinajstić information content (AvgIpc) is 3.13. The number of nitrogens with zero attached hydrogens (tertiary/aromatic N) is 2. The van der Waals surface area contributed by atoms with E-state index < -0.39 is 0 Å². The molecular formula is C19H29IN4S. The predicted molar refractivity (Wildman–Crippen MR) is 120 cm³/mol. The summed E-state index contributed by atoms with van der Waals surface area (Å²) in [5.41, 5.74) is 3.92. The van der Waals surface area contributed by atoms with Gasteiger partial charge in [0.15, 0.2) is 5.96 Å². The van der Waals surface area contributed by atoms with Gasteiger partial charge in [-0.1, -0.05) is 38.1 Å². The highest BCUT2D eigenvalue weighted by atomic mass is 127. The lowest BCUT2D eigenvalue weighted by Crippen LogP contribution is -2.36. The smallest absolute Gasteiger partial charge is 0.191 e.